The molecule has 0 atom stereocenters. The van der Waals surface area contributed by atoms with E-state index in [9.17, 15) is 4.79 Å². The van der Waals surface area contributed by atoms with E-state index in [0.717, 1.165) is 41.8 Å². The maximum absolute atomic E-state index is 12.8. The van der Waals surface area contributed by atoms with Crippen LogP contribution in [-0.4, -0.2) is 18.0 Å². The molecule has 1 heterocycles. The summed E-state index contributed by atoms with van der Waals surface area (Å²) in [4.78, 5) is 17.1. The molecule has 1 fully saturated rings. The third kappa shape index (κ3) is 3.07. The van der Waals surface area contributed by atoms with Gasteiger partial charge in [0.25, 0.3) is 0 Å². The molecule has 4 nitrogen and oxygen atoms in total. The first-order valence-electron chi connectivity index (χ1n) is 7.98. The number of rotatable bonds is 5. The fourth-order valence-corrected chi connectivity index (χ4v) is 3.12. The lowest BCUT2D eigenvalue weighted by molar-refractivity contribution is -0.130. The van der Waals surface area contributed by atoms with Gasteiger partial charge in [-0.15, -0.1) is 0 Å². The van der Waals surface area contributed by atoms with Crippen molar-refractivity contribution in [3.63, 3.8) is 0 Å². The molecule has 1 amide bonds. The van der Waals surface area contributed by atoms with Crippen LogP contribution in [0.1, 0.15) is 36.1 Å². The number of methoxy groups -OCH3 is 1. The molecule has 0 bridgehead atoms. The van der Waals surface area contributed by atoms with Gasteiger partial charge in [0.2, 0.25) is 5.91 Å². The van der Waals surface area contributed by atoms with Gasteiger partial charge in [0, 0.05) is 6.20 Å². The molecule has 0 spiro atoms. The Morgan fingerprint density at radius 2 is 2.00 bits per heavy atom. The number of nitrogens with zero attached hydrogens (tertiary/aromatic N) is 1. The number of aryl methyl sites for hydroxylation is 1. The van der Waals surface area contributed by atoms with Crippen LogP contribution >= 0.6 is 0 Å². The molecule has 0 unspecified atom stereocenters. The number of carbonyl (C=O) groups is 1. The fourth-order valence-electron chi connectivity index (χ4n) is 3.12. The van der Waals surface area contributed by atoms with Gasteiger partial charge in [-0.3, -0.25) is 9.78 Å². The van der Waals surface area contributed by atoms with Crippen molar-refractivity contribution in [1.82, 2.24) is 10.3 Å². The van der Waals surface area contributed by atoms with E-state index in [1.165, 1.54) is 0 Å². The largest absolute Gasteiger partial charge is 0.497 e. The molecule has 1 aliphatic rings. The number of benzene rings is 1. The van der Waals surface area contributed by atoms with Crippen molar-refractivity contribution in [2.75, 3.05) is 7.11 Å². The molecule has 120 valence electrons. The van der Waals surface area contributed by atoms with Gasteiger partial charge in [0.15, 0.2) is 0 Å². The summed E-state index contributed by atoms with van der Waals surface area (Å²) in [5.74, 6) is 0.907. The molecule has 23 heavy (non-hydrogen) atoms. The Labute approximate surface area is 136 Å². The monoisotopic (exact) mass is 310 g/mol. The van der Waals surface area contributed by atoms with Crippen LogP contribution in [-0.2, 0) is 16.8 Å². The minimum atomic E-state index is -0.393. The van der Waals surface area contributed by atoms with Crippen molar-refractivity contribution in [2.24, 2.45) is 0 Å². The molecular formula is C19H22N2O2. The fraction of sp³-hybridized carbons (Fsp3) is 0.368. The van der Waals surface area contributed by atoms with Crippen molar-refractivity contribution in [1.29, 1.82) is 0 Å². The Hall–Kier alpha value is -2.36. The van der Waals surface area contributed by atoms with E-state index in [-0.39, 0.29) is 5.91 Å². The second-order valence-corrected chi connectivity index (χ2v) is 6.17. The van der Waals surface area contributed by atoms with E-state index in [1.54, 1.807) is 13.3 Å². The Bertz CT molecular complexity index is 691. The number of carbonyl (C=O) groups excluding carboxylic acids is 1. The second kappa shape index (κ2) is 6.41. The highest BCUT2D eigenvalue weighted by molar-refractivity contribution is 5.89. The molecule has 1 aromatic heterocycles. The predicted molar refractivity (Wildman–Crippen MR) is 89.3 cm³/mol. The van der Waals surface area contributed by atoms with Crippen molar-refractivity contribution >= 4 is 5.91 Å². The van der Waals surface area contributed by atoms with Crippen LogP contribution in [0.15, 0.2) is 42.6 Å². The summed E-state index contributed by atoms with van der Waals surface area (Å²) in [6, 6.07) is 11.8. The molecule has 0 aliphatic heterocycles. The molecule has 0 radical (unpaired) electrons. The van der Waals surface area contributed by atoms with Gasteiger partial charge in [0.05, 0.1) is 24.8 Å². The molecule has 1 aromatic carbocycles. The zero-order valence-electron chi connectivity index (χ0n) is 13.6. The van der Waals surface area contributed by atoms with Crippen molar-refractivity contribution in [2.45, 2.75) is 38.1 Å². The van der Waals surface area contributed by atoms with E-state index >= 15 is 0 Å². The molecule has 1 aliphatic carbocycles. The first kappa shape index (κ1) is 15.5. The first-order valence-corrected chi connectivity index (χ1v) is 7.98. The van der Waals surface area contributed by atoms with Crippen molar-refractivity contribution in [3.8, 4) is 5.75 Å². The summed E-state index contributed by atoms with van der Waals surface area (Å²) in [5.41, 5.74) is 2.72. The van der Waals surface area contributed by atoms with Crippen LogP contribution in [0.4, 0.5) is 0 Å². The van der Waals surface area contributed by atoms with E-state index in [2.05, 4.69) is 10.3 Å². The van der Waals surface area contributed by atoms with E-state index in [0.29, 0.717) is 6.54 Å². The van der Waals surface area contributed by atoms with Crippen LogP contribution in [0.5, 0.6) is 5.75 Å². The zero-order chi connectivity index (χ0) is 16.3. The summed E-state index contributed by atoms with van der Waals surface area (Å²) in [6.07, 6.45) is 4.65. The average Bonchev–Trinajstić information content (AvgIpc) is 2.53. The lowest BCUT2D eigenvalue weighted by Crippen LogP contribution is -2.49. The molecule has 1 saturated carbocycles. The standard InChI is InChI=1S/C19H22N2O2/c1-14-8-11-20-16(12-14)13-21-18(22)19(9-3-10-19)15-4-6-17(23-2)7-5-15/h4-8,11-12H,3,9-10,13H2,1-2H3,(H,21,22). The van der Waals surface area contributed by atoms with Gasteiger partial charge in [-0.25, -0.2) is 0 Å². The van der Waals surface area contributed by atoms with Crippen LogP contribution in [0, 0.1) is 6.92 Å². The number of aromatic nitrogens is 1. The van der Waals surface area contributed by atoms with Crippen LogP contribution in [0.2, 0.25) is 0 Å². The van der Waals surface area contributed by atoms with Crippen LogP contribution in [0.3, 0.4) is 0 Å². The third-order valence-electron chi connectivity index (χ3n) is 4.69. The normalized spacial score (nSPS) is 15.6. The van der Waals surface area contributed by atoms with Crippen molar-refractivity contribution < 1.29 is 9.53 Å². The van der Waals surface area contributed by atoms with Gasteiger partial charge in [0.1, 0.15) is 5.75 Å². The number of amides is 1. The molecule has 0 saturated heterocycles. The number of pyridine rings is 1. The SMILES string of the molecule is COc1ccc(C2(C(=O)NCc3cc(C)ccn3)CCC2)cc1. The minimum absolute atomic E-state index is 0.0947. The van der Waals surface area contributed by atoms with Crippen LogP contribution in [0.25, 0.3) is 0 Å². The number of hydrogen-bond acceptors (Lipinski definition) is 3. The van der Waals surface area contributed by atoms with Gasteiger partial charge >= 0.3 is 0 Å². The topological polar surface area (TPSA) is 51.2 Å². The summed E-state index contributed by atoms with van der Waals surface area (Å²) >= 11 is 0. The highest BCUT2D eigenvalue weighted by Gasteiger charge is 2.45. The summed E-state index contributed by atoms with van der Waals surface area (Å²) in [5, 5.41) is 3.06. The van der Waals surface area contributed by atoms with E-state index < -0.39 is 5.41 Å². The third-order valence-corrected chi connectivity index (χ3v) is 4.69. The molecule has 2 aromatic rings. The first-order chi connectivity index (χ1) is 11.1. The quantitative estimate of drug-likeness (QED) is 0.923. The highest BCUT2D eigenvalue weighted by Crippen LogP contribution is 2.44. The lowest BCUT2D eigenvalue weighted by atomic mass is 9.64. The minimum Gasteiger partial charge on any atom is -0.497 e. The maximum Gasteiger partial charge on any atom is 0.230 e. The smallest absolute Gasteiger partial charge is 0.230 e. The summed E-state index contributed by atoms with van der Waals surface area (Å²) < 4.78 is 5.20. The Kier molecular flexibility index (Phi) is 4.33. The van der Waals surface area contributed by atoms with E-state index in [1.807, 2.05) is 43.3 Å². The van der Waals surface area contributed by atoms with Crippen molar-refractivity contribution in [3.05, 3.63) is 59.4 Å². The molecule has 3 rings (SSSR count). The Morgan fingerprint density at radius 1 is 1.26 bits per heavy atom. The van der Waals surface area contributed by atoms with Gasteiger partial charge in [-0.05, 0) is 55.2 Å². The maximum atomic E-state index is 12.8. The van der Waals surface area contributed by atoms with Gasteiger partial charge in [-0.1, -0.05) is 18.6 Å². The second-order valence-electron chi connectivity index (χ2n) is 6.17. The number of nitrogens with one attached hydrogen (secondary N) is 1. The number of ether oxygens (including phenoxy) is 1. The zero-order valence-corrected chi connectivity index (χ0v) is 13.6. The van der Waals surface area contributed by atoms with Crippen LogP contribution < -0.4 is 10.1 Å². The molecule has 1 N–H and O–H groups in total. The summed E-state index contributed by atoms with van der Waals surface area (Å²) in [6.45, 7) is 2.50. The Balaban J connectivity index is 1.72. The number of hydrogen-bond donors (Lipinski definition) is 1. The van der Waals surface area contributed by atoms with E-state index in [4.69, 9.17) is 4.74 Å². The average molecular weight is 310 g/mol. The van der Waals surface area contributed by atoms with Gasteiger partial charge in [-0.2, -0.15) is 0 Å². The van der Waals surface area contributed by atoms with Gasteiger partial charge < -0.3 is 10.1 Å². The lowest BCUT2D eigenvalue weighted by Gasteiger charge is -2.40. The molecular weight excluding hydrogens is 288 g/mol. The predicted octanol–water partition coefficient (Wildman–Crippen LogP) is 3.14. The highest BCUT2D eigenvalue weighted by atomic mass is 16.5. The summed E-state index contributed by atoms with van der Waals surface area (Å²) in [7, 11) is 1.65. The molecule has 4 heteroatoms. The Morgan fingerprint density at radius 3 is 2.57 bits per heavy atom.